The molecule has 2 N–H and O–H groups in total. The average Bonchev–Trinajstić information content (AvgIpc) is 1.84. The molecule has 0 aliphatic carbocycles. The first kappa shape index (κ1) is 8.83. The van der Waals surface area contributed by atoms with E-state index in [1.807, 2.05) is 6.92 Å². The molecule has 0 bridgehead atoms. The van der Waals surface area contributed by atoms with Crippen molar-refractivity contribution in [3.8, 4) is 0 Å². The lowest BCUT2D eigenvalue weighted by Crippen LogP contribution is -2.01. The summed E-state index contributed by atoms with van der Waals surface area (Å²) in [6, 6.07) is 0. The van der Waals surface area contributed by atoms with Crippen LogP contribution in [0.3, 0.4) is 0 Å². The van der Waals surface area contributed by atoms with Gasteiger partial charge in [0.25, 0.3) is 0 Å². The number of allylic oxidation sites excluding steroid dienone is 1. The van der Waals surface area contributed by atoms with Crippen LogP contribution >= 0.6 is 11.6 Å². The third kappa shape index (κ3) is 2.75. The van der Waals surface area contributed by atoms with Crippen LogP contribution in [-0.4, -0.2) is 0 Å². The minimum absolute atomic E-state index is 0.448. The predicted octanol–water partition coefficient (Wildman–Crippen LogP) is 2.46. The van der Waals surface area contributed by atoms with Gasteiger partial charge in [0.15, 0.2) is 0 Å². The molecule has 2 heteroatoms. The molecule has 9 heavy (non-hydrogen) atoms. The quantitative estimate of drug-likeness (QED) is 0.597. The van der Waals surface area contributed by atoms with Crippen molar-refractivity contribution in [1.82, 2.24) is 0 Å². The van der Waals surface area contributed by atoms with E-state index in [9.17, 15) is 0 Å². The Morgan fingerprint density at radius 2 is 2.11 bits per heavy atom. The lowest BCUT2D eigenvalue weighted by molar-refractivity contribution is 0.651. The van der Waals surface area contributed by atoms with Gasteiger partial charge in [0.2, 0.25) is 0 Å². The zero-order valence-corrected chi connectivity index (χ0v) is 7.00. The first-order valence-electron chi connectivity index (χ1n) is 3.21. The van der Waals surface area contributed by atoms with Crippen molar-refractivity contribution < 1.29 is 0 Å². The minimum Gasteiger partial charge on any atom is -0.390 e. The van der Waals surface area contributed by atoms with E-state index < -0.39 is 0 Å². The maximum absolute atomic E-state index is 5.56. The maximum atomic E-state index is 5.56. The van der Waals surface area contributed by atoms with Crippen LogP contribution in [0.4, 0.5) is 0 Å². The van der Waals surface area contributed by atoms with E-state index in [0.29, 0.717) is 11.1 Å². The van der Waals surface area contributed by atoms with E-state index in [0.717, 1.165) is 12.0 Å². The van der Waals surface area contributed by atoms with E-state index in [1.54, 1.807) is 0 Å². The molecule has 0 aliphatic rings. The van der Waals surface area contributed by atoms with Crippen molar-refractivity contribution >= 4 is 11.6 Å². The van der Waals surface area contributed by atoms with Crippen molar-refractivity contribution in [3.63, 3.8) is 0 Å². The lowest BCUT2D eigenvalue weighted by atomic mass is 10.0. The summed E-state index contributed by atoms with van der Waals surface area (Å²) in [6.07, 6.45) is 1.10. The van der Waals surface area contributed by atoms with Crippen LogP contribution in [0.5, 0.6) is 0 Å². The fourth-order valence-corrected chi connectivity index (χ4v) is 0.728. The summed E-state index contributed by atoms with van der Waals surface area (Å²) < 4.78 is 0. The molecule has 0 saturated heterocycles. The average molecular weight is 148 g/mol. The number of hydrogen-bond donors (Lipinski definition) is 1. The predicted molar refractivity (Wildman–Crippen MR) is 42.2 cm³/mol. The number of halogens is 1. The Bertz CT molecular complexity index is 114. The number of nitrogens with two attached hydrogens (primary N) is 1. The molecular formula is C7H14ClN. The molecule has 0 radical (unpaired) electrons. The van der Waals surface area contributed by atoms with Gasteiger partial charge >= 0.3 is 0 Å². The summed E-state index contributed by atoms with van der Waals surface area (Å²) >= 11 is 5.56. The summed E-state index contributed by atoms with van der Waals surface area (Å²) in [5, 5.41) is 0.448. The van der Waals surface area contributed by atoms with Gasteiger partial charge in [0.05, 0.1) is 5.16 Å². The molecule has 0 aromatic rings. The summed E-state index contributed by atoms with van der Waals surface area (Å²) in [5.74, 6) is 0.516. The van der Waals surface area contributed by atoms with Crippen LogP contribution in [-0.2, 0) is 0 Å². The van der Waals surface area contributed by atoms with Crippen LogP contribution in [0.1, 0.15) is 27.2 Å². The van der Waals surface area contributed by atoms with Crippen LogP contribution in [0.15, 0.2) is 10.7 Å². The fraction of sp³-hybridized carbons (Fsp3) is 0.714. The molecule has 0 spiro atoms. The normalized spacial score (nSPS) is 16.9. The van der Waals surface area contributed by atoms with Crippen molar-refractivity contribution in [2.75, 3.05) is 0 Å². The smallest absolute Gasteiger partial charge is 0.0983 e. The van der Waals surface area contributed by atoms with Gasteiger partial charge in [0.1, 0.15) is 0 Å². The molecule has 1 nitrogen and oxygen atoms in total. The van der Waals surface area contributed by atoms with Crippen LogP contribution in [0, 0.1) is 5.92 Å². The Morgan fingerprint density at radius 3 is 2.22 bits per heavy atom. The molecule has 0 heterocycles. The van der Waals surface area contributed by atoms with E-state index >= 15 is 0 Å². The maximum Gasteiger partial charge on any atom is 0.0983 e. The van der Waals surface area contributed by atoms with E-state index in [1.165, 1.54) is 0 Å². The summed E-state index contributed by atoms with van der Waals surface area (Å²) in [4.78, 5) is 0. The Morgan fingerprint density at radius 1 is 1.67 bits per heavy atom. The molecule has 0 fully saturated rings. The standard InChI is InChI=1S/C7H14ClN/c1-4-5(2)6(3)7(8)9/h5H,4,9H2,1-3H3/b7-6+. The van der Waals surface area contributed by atoms with Gasteiger partial charge in [-0.3, -0.25) is 0 Å². The molecular weight excluding hydrogens is 134 g/mol. The summed E-state index contributed by atoms with van der Waals surface area (Å²) in [7, 11) is 0. The lowest BCUT2D eigenvalue weighted by Gasteiger charge is -2.08. The summed E-state index contributed by atoms with van der Waals surface area (Å²) in [6.45, 7) is 6.20. The Kier molecular flexibility index (Phi) is 3.71. The molecule has 54 valence electrons. The van der Waals surface area contributed by atoms with Gasteiger partial charge in [-0.15, -0.1) is 0 Å². The Balaban J connectivity index is 4.02. The highest BCUT2D eigenvalue weighted by atomic mass is 35.5. The van der Waals surface area contributed by atoms with Gasteiger partial charge in [0, 0.05) is 0 Å². The van der Waals surface area contributed by atoms with Gasteiger partial charge in [-0.2, -0.15) is 0 Å². The third-order valence-electron chi connectivity index (χ3n) is 1.73. The second kappa shape index (κ2) is 3.78. The molecule has 1 unspecified atom stereocenters. The van der Waals surface area contributed by atoms with Crippen LogP contribution in [0.25, 0.3) is 0 Å². The first-order chi connectivity index (χ1) is 4.09. The van der Waals surface area contributed by atoms with Crippen molar-refractivity contribution in [2.24, 2.45) is 11.7 Å². The molecule has 1 atom stereocenters. The second-order valence-electron chi connectivity index (χ2n) is 2.34. The molecule has 0 saturated carbocycles. The van der Waals surface area contributed by atoms with E-state index in [2.05, 4.69) is 13.8 Å². The zero-order chi connectivity index (χ0) is 7.44. The second-order valence-corrected chi connectivity index (χ2v) is 2.75. The molecule has 0 aromatic heterocycles. The van der Waals surface area contributed by atoms with Gasteiger partial charge in [-0.05, 0) is 24.8 Å². The SMILES string of the molecule is CCC(C)/C(C)=C(/N)Cl. The topological polar surface area (TPSA) is 26.0 Å². The third-order valence-corrected chi connectivity index (χ3v) is 2.03. The van der Waals surface area contributed by atoms with Crippen molar-refractivity contribution in [2.45, 2.75) is 27.2 Å². The highest BCUT2D eigenvalue weighted by molar-refractivity contribution is 6.29. The highest BCUT2D eigenvalue weighted by Gasteiger charge is 2.02. The van der Waals surface area contributed by atoms with Crippen LogP contribution in [0.2, 0.25) is 0 Å². The fourth-order valence-electron chi connectivity index (χ4n) is 0.542. The zero-order valence-electron chi connectivity index (χ0n) is 6.24. The highest BCUT2D eigenvalue weighted by Crippen LogP contribution is 2.16. The molecule has 0 aromatic carbocycles. The van der Waals surface area contributed by atoms with E-state index in [-0.39, 0.29) is 0 Å². The number of rotatable bonds is 2. The first-order valence-corrected chi connectivity index (χ1v) is 3.59. The van der Waals surface area contributed by atoms with Gasteiger partial charge in [-0.1, -0.05) is 25.4 Å². The number of hydrogen-bond acceptors (Lipinski definition) is 1. The van der Waals surface area contributed by atoms with Gasteiger partial charge in [-0.25, -0.2) is 0 Å². The van der Waals surface area contributed by atoms with Gasteiger partial charge < -0.3 is 5.73 Å². The van der Waals surface area contributed by atoms with E-state index in [4.69, 9.17) is 17.3 Å². The van der Waals surface area contributed by atoms with Crippen LogP contribution < -0.4 is 5.73 Å². The molecule has 0 rings (SSSR count). The van der Waals surface area contributed by atoms with Crippen molar-refractivity contribution in [1.29, 1.82) is 0 Å². The summed E-state index contributed by atoms with van der Waals surface area (Å²) in [5.41, 5.74) is 6.45. The minimum atomic E-state index is 0.448. The monoisotopic (exact) mass is 147 g/mol. The molecule has 0 amide bonds. The Labute approximate surface area is 61.9 Å². The molecule has 0 aliphatic heterocycles. The largest absolute Gasteiger partial charge is 0.390 e. The van der Waals surface area contributed by atoms with Crippen molar-refractivity contribution in [3.05, 3.63) is 10.7 Å². The Hall–Kier alpha value is -0.170.